The molecule has 0 unspecified atom stereocenters. The van der Waals surface area contributed by atoms with Gasteiger partial charge in [-0.05, 0) is 45.6 Å². The van der Waals surface area contributed by atoms with Gasteiger partial charge in [-0.2, -0.15) is 5.10 Å². The first-order chi connectivity index (χ1) is 9.92. The van der Waals surface area contributed by atoms with Gasteiger partial charge in [-0.1, -0.05) is 6.07 Å². The van der Waals surface area contributed by atoms with E-state index in [4.69, 9.17) is 5.11 Å². The molecule has 0 amide bonds. The van der Waals surface area contributed by atoms with Gasteiger partial charge in [-0.15, -0.1) is 0 Å². The van der Waals surface area contributed by atoms with Gasteiger partial charge in [-0.3, -0.25) is 4.68 Å². The fourth-order valence-electron chi connectivity index (χ4n) is 1.86. The van der Waals surface area contributed by atoms with Gasteiger partial charge in [-0.25, -0.2) is 13.1 Å². The number of nitrogens with one attached hydrogen (secondary N) is 1. The van der Waals surface area contributed by atoms with Crippen molar-refractivity contribution >= 4 is 26.0 Å². The number of aryl methyl sites for hydroxylation is 1. The highest BCUT2D eigenvalue weighted by Gasteiger charge is 2.17. The molecule has 114 valence electrons. The summed E-state index contributed by atoms with van der Waals surface area (Å²) in [5.41, 5.74) is 1.51. The van der Waals surface area contributed by atoms with E-state index in [0.29, 0.717) is 16.5 Å². The smallest absolute Gasteiger partial charge is 0.241 e. The Bertz CT molecular complexity index is 728. The van der Waals surface area contributed by atoms with Crippen LogP contribution >= 0.6 is 15.9 Å². The van der Waals surface area contributed by atoms with Gasteiger partial charge in [0.05, 0.1) is 17.7 Å². The van der Waals surface area contributed by atoms with E-state index in [1.54, 1.807) is 23.0 Å². The second-order valence-electron chi connectivity index (χ2n) is 4.59. The Morgan fingerprint density at radius 1 is 1.38 bits per heavy atom. The third-order valence-electron chi connectivity index (χ3n) is 2.93. The molecule has 0 spiro atoms. The lowest BCUT2D eigenvalue weighted by molar-refractivity contribution is 0.281. The Morgan fingerprint density at radius 3 is 2.76 bits per heavy atom. The van der Waals surface area contributed by atoms with Gasteiger partial charge >= 0.3 is 0 Å². The number of aliphatic hydroxyl groups is 1. The van der Waals surface area contributed by atoms with Crippen molar-refractivity contribution in [3.05, 3.63) is 46.2 Å². The molecule has 0 aliphatic heterocycles. The quantitative estimate of drug-likeness (QED) is 0.796. The fraction of sp³-hybridized carbons (Fsp3) is 0.308. The molecular formula is C13H16BrN3O3S. The molecule has 0 aliphatic rings. The van der Waals surface area contributed by atoms with Gasteiger partial charge in [0.25, 0.3) is 0 Å². The molecular weight excluding hydrogens is 358 g/mol. The highest BCUT2D eigenvalue weighted by molar-refractivity contribution is 9.10. The lowest BCUT2D eigenvalue weighted by Crippen LogP contribution is -2.26. The minimum absolute atomic E-state index is 0.125. The average Bonchev–Trinajstić information content (AvgIpc) is 2.84. The molecule has 6 nitrogen and oxygen atoms in total. The summed E-state index contributed by atoms with van der Waals surface area (Å²) in [6, 6.07) is 4.73. The molecule has 0 atom stereocenters. The number of aromatic nitrogens is 2. The Kier molecular flexibility index (Phi) is 5.15. The third kappa shape index (κ3) is 4.13. The van der Waals surface area contributed by atoms with E-state index in [-0.39, 0.29) is 18.0 Å². The predicted octanol–water partition coefficient (Wildman–Crippen LogP) is 1.20. The van der Waals surface area contributed by atoms with Crippen molar-refractivity contribution in [2.75, 3.05) is 6.54 Å². The van der Waals surface area contributed by atoms with Gasteiger partial charge in [0.2, 0.25) is 10.0 Å². The second-order valence-corrected chi connectivity index (χ2v) is 7.18. The van der Waals surface area contributed by atoms with Crippen LogP contribution in [0.15, 0.2) is 40.0 Å². The first-order valence-electron chi connectivity index (χ1n) is 6.29. The molecule has 0 saturated carbocycles. The normalized spacial score (nSPS) is 11.8. The average molecular weight is 374 g/mol. The number of hydrogen-bond acceptors (Lipinski definition) is 4. The van der Waals surface area contributed by atoms with E-state index in [1.807, 2.05) is 13.2 Å². The molecule has 1 aromatic carbocycles. The van der Waals surface area contributed by atoms with E-state index >= 15 is 0 Å². The maximum Gasteiger partial charge on any atom is 0.241 e. The molecule has 8 heteroatoms. The maximum atomic E-state index is 12.3. The van der Waals surface area contributed by atoms with Crippen molar-refractivity contribution in [1.29, 1.82) is 0 Å². The van der Waals surface area contributed by atoms with Gasteiger partial charge in [0.1, 0.15) is 0 Å². The van der Waals surface area contributed by atoms with E-state index in [2.05, 4.69) is 25.8 Å². The van der Waals surface area contributed by atoms with Crippen molar-refractivity contribution in [2.45, 2.75) is 17.9 Å². The molecule has 2 aromatic rings. The number of nitrogens with zero attached hydrogens (tertiary/aromatic N) is 2. The summed E-state index contributed by atoms with van der Waals surface area (Å²) in [6.07, 6.45) is 4.11. The van der Waals surface area contributed by atoms with Crippen LogP contribution in [0, 0.1) is 0 Å². The van der Waals surface area contributed by atoms with Gasteiger partial charge in [0, 0.05) is 24.3 Å². The zero-order valence-electron chi connectivity index (χ0n) is 11.5. The van der Waals surface area contributed by atoms with Crippen LogP contribution in [-0.2, 0) is 30.1 Å². The number of sulfonamides is 1. The van der Waals surface area contributed by atoms with Crippen LogP contribution in [0.5, 0.6) is 0 Å². The fourth-order valence-corrected chi connectivity index (χ4v) is 3.90. The molecule has 0 saturated heterocycles. The summed E-state index contributed by atoms with van der Waals surface area (Å²) in [5.74, 6) is 0. The highest BCUT2D eigenvalue weighted by Crippen LogP contribution is 2.23. The van der Waals surface area contributed by atoms with E-state index < -0.39 is 10.0 Å². The number of aliphatic hydroxyl groups excluding tert-OH is 1. The topological polar surface area (TPSA) is 84.2 Å². The SMILES string of the molecule is Cn1cc(CCNS(=O)(=O)c2cc(CO)ccc2Br)cn1. The Morgan fingerprint density at radius 2 is 2.14 bits per heavy atom. The number of halogens is 1. The summed E-state index contributed by atoms with van der Waals surface area (Å²) in [6.45, 7) is 0.0787. The maximum absolute atomic E-state index is 12.3. The lowest BCUT2D eigenvalue weighted by Gasteiger charge is -2.09. The summed E-state index contributed by atoms with van der Waals surface area (Å²) in [4.78, 5) is 0.125. The van der Waals surface area contributed by atoms with Crippen LogP contribution in [0.25, 0.3) is 0 Å². The zero-order valence-corrected chi connectivity index (χ0v) is 13.9. The van der Waals surface area contributed by atoms with Crippen molar-refractivity contribution in [2.24, 2.45) is 7.05 Å². The minimum Gasteiger partial charge on any atom is -0.392 e. The van der Waals surface area contributed by atoms with E-state index in [0.717, 1.165) is 5.56 Å². The molecule has 2 rings (SSSR count). The van der Waals surface area contributed by atoms with Gasteiger partial charge in [0.15, 0.2) is 0 Å². The molecule has 0 bridgehead atoms. The number of benzene rings is 1. The Labute approximate surface area is 132 Å². The van der Waals surface area contributed by atoms with Crippen LogP contribution in [0.2, 0.25) is 0 Å². The summed E-state index contributed by atoms with van der Waals surface area (Å²) >= 11 is 3.22. The second kappa shape index (κ2) is 6.69. The molecule has 21 heavy (non-hydrogen) atoms. The zero-order chi connectivity index (χ0) is 15.5. The lowest BCUT2D eigenvalue weighted by atomic mass is 10.2. The van der Waals surface area contributed by atoms with E-state index in [9.17, 15) is 8.42 Å². The van der Waals surface area contributed by atoms with Gasteiger partial charge < -0.3 is 5.11 Å². The minimum atomic E-state index is -3.62. The monoisotopic (exact) mass is 373 g/mol. The first-order valence-corrected chi connectivity index (χ1v) is 8.56. The molecule has 0 aliphatic carbocycles. The molecule has 0 radical (unpaired) electrons. The number of hydrogen-bond donors (Lipinski definition) is 2. The molecule has 1 heterocycles. The van der Waals surface area contributed by atoms with Crippen LogP contribution in [0.1, 0.15) is 11.1 Å². The van der Waals surface area contributed by atoms with Crippen LogP contribution in [0.4, 0.5) is 0 Å². The third-order valence-corrected chi connectivity index (χ3v) is 5.39. The van der Waals surface area contributed by atoms with E-state index in [1.165, 1.54) is 6.07 Å². The first kappa shape index (κ1) is 16.2. The number of rotatable bonds is 6. The highest BCUT2D eigenvalue weighted by atomic mass is 79.9. The summed E-state index contributed by atoms with van der Waals surface area (Å²) in [7, 11) is -1.81. The summed E-state index contributed by atoms with van der Waals surface area (Å²) in [5, 5.41) is 13.1. The van der Waals surface area contributed by atoms with Crippen LogP contribution in [0.3, 0.4) is 0 Å². The van der Waals surface area contributed by atoms with Crippen LogP contribution < -0.4 is 4.72 Å². The molecule has 2 N–H and O–H groups in total. The van der Waals surface area contributed by atoms with Crippen molar-refractivity contribution in [3.8, 4) is 0 Å². The Balaban J connectivity index is 2.07. The summed E-state index contributed by atoms with van der Waals surface area (Å²) < 4.78 is 29.2. The van der Waals surface area contributed by atoms with Crippen molar-refractivity contribution < 1.29 is 13.5 Å². The van der Waals surface area contributed by atoms with Crippen LogP contribution in [-0.4, -0.2) is 29.8 Å². The Hall–Kier alpha value is -1.22. The standard InChI is InChI=1S/C13H16BrN3O3S/c1-17-8-11(7-15-17)4-5-16-21(19,20)13-6-10(9-18)2-3-12(13)14/h2-3,6-8,16,18H,4-5,9H2,1H3. The predicted molar refractivity (Wildman–Crippen MR) is 82.2 cm³/mol. The van der Waals surface area contributed by atoms with Crippen molar-refractivity contribution in [3.63, 3.8) is 0 Å². The molecule has 1 aromatic heterocycles. The molecule has 0 fully saturated rings. The van der Waals surface area contributed by atoms with Crippen molar-refractivity contribution in [1.82, 2.24) is 14.5 Å². The largest absolute Gasteiger partial charge is 0.392 e.